The Morgan fingerprint density at radius 2 is 0.611 bits per heavy atom. The van der Waals surface area contributed by atoms with Gasteiger partial charge in [0.15, 0.2) is 0 Å². The van der Waals surface area contributed by atoms with Crippen molar-refractivity contribution in [2.45, 2.75) is 206 Å². The Hall–Kier alpha value is -0.530. The molecule has 0 saturated heterocycles. The second-order valence-corrected chi connectivity index (χ2v) is 11.5. The Balaban J connectivity index is 3.05. The van der Waals surface area contributed by atoms with Crippen LogP contribution in [0.1, 0.15) is 206 Å². The van der Waals surface area contributed by atoms with Gasteiger partial charge in [0.25, 0.3) is 0 Å². The summed E-state index contributed by atoms with van der Waals surface area (Å²) in [4.78, 5) is 11.4. The SMILES string of the molecule is CCCCCCCCCCCCCCCCCCCCCCCCCCCCCCC(=O)OCCC. The van der Waals surface area contributed by atoms with Crippen LogP contribution >= 0.6 is 0 Å². The standard InChI is InChI=1S/C34H68O2/c1-3-5-6-7-8-9-10-11-12-13-14-15-16-17-18-19-20-21-22-23-24-25-26-27-28-29-30-31-32-34(35)36-33-4-2/h3-33H2,1-2H3. The molecule has 0 rings (SSSR count). The van der Waals surface area contributed by atoms with Gasteiger partial charge in [0, 0.05) is 6.42 Å². The monoisotopic (exact) mass is 509 g/mol. The third kappa shape index (κ3) is 31.5. The summed E-state index contributed by atoms with van der Waals surface area (Å²) in [6, 6.07) is 0. The lowest BCUT2D eigenvalue weighted by atomic mass is 10.0. The molecule has 0 heterocycles. The Bertz CT molecular complexity index is 406. The summed E-state index contributed by atoms with van der Waals surface area (Å²) < 4.78 is 5.11. The maximum Gasteiger partial charge on any atom is 0.305 e. The normalized spacial score (nSPS) is 11.3. The van der Waals surface area contributed by atoms with Crippen LogP contribution in [-0.4, -0.2) is 12.6 Å². The minimum Gasteiger partial charge on any atom is -0.466 e. The summed E-state index contributed by atoms with van der Waals surface area (Å²) in [5.74, 6) is -0.00772. The summed E-state index contributed by atoms with van der Waals surface area (Å²) >= 11 is 0. The van der Waals surface area contributed by atoms with E-state index in [1.165, 1.54) is 173 Å². The van der Waals surface area contributed by atoms with Crippen LogP contribution in [0.2, 0.25) is 0 Å². The van der Waals surface area contributed by atoms with Crippen LogP contribution < -0.4 is 0 Å². The predicted molar refractivity (Wildman–Crippen MR) is 161 cm³/mol. The molecule has 0 amide bonds. The second-order valence-electron chi connectivity index (χ2n) is 11.5. The van der Waals surface area contributed by atoms with Gasteiger partial charge in [-0.25, -0.2) is 0 Å². The average Bonchev–Trinajstić information content (AvgIpc) is 2.89. The topological polar surface area (TPSA) is 26.3 Å². The minimum atomic E-state index is -0.00772. The van der Waals surface area contributed by atoms with Gasteiger partial charge in [-0.15, -0.1) is 0 Å². The third-order valence-corrected chi connectivity index (χ3v) is 7.70. The molecule has 0 aliphatic carbocycles. The number of hydrogen-bond donors (Lipinski definition) is 0. The van der Waals surface area contributed by atoms with Gasteiger partial charge >= 0.3 is 5.97 Å². The molecular formula is C34H68O2. The molecule has 0 spiro atoms. The van der Waals surface area contributed by atoms with Crippen molar-refractivity contribution in [1.29, 1.82) is 0 Å². The number of carbonyl (C=O) groups excluding carboxylic acids is 1. The van der Waals surface area contributed by atoms with Gasteiger partial charge in [0.1, 0.15) is 0 Å². The van der Waals surface area contributed by atoms with E-state index >= 15 is 0 Å². The molecule has 0 aromatic rings. The molecule has 216 valence electrons. The van der Waals surface area contributed by atoms with E-state index in [4.69, 9.17) is 4.74 Å². The minimum absolute atomic E-state index is 0.00772. The van der Waals surface area contributed by atoms with Crippen LogP contribution in [0.25, 0.3) is 0 Å². The molecule has 0 atom stereocenters. The molecule has 0 radical (unpaired) electrons. The number of carbonyl (C=O) groups is 1. The van der Waals surface area contributed by atoms with Gasteiger partial charge in [-0.3, -0.25) is 4.79 Å². The molecule has 0 aliphatic rings. The molecule has 0 N–H and O–H groups in total. The molecule has 36 heavy (non-hydrogen) atoms. The zero-order valence-electron chi connectivity index (χ0n) is 25.2. The molecule has 2 heteroatoms. The summed E-state index contributed by atoms with van der Waals surface area (Å²) in [5.41, 5.74) is 0. The maximum atomic E-state index is 11.4. The Labute approximate surface area is 228 Å². The highest BCUT2D eigenvalue weighted by Gasteiger charge is 2.01. The van der Waals surface area contributed by atoms with Crippen molar-refractivity contribution < 1.29 is 9.53 Å². The fraction of sp³-hybridized carbons (Fsp3) is 0.971. The Morgan fingerprint density at radius 1 is 0.361 bits per heavy atom. The predicted octanol–water partition coefficient (Wildman–Crippen LogP) is 12.3. The van der Waals surface area contributed by atoms with E-state index in [1.54, 1.807) is 0 Å². The molecule has 0 aliphatic heterocycles. The first kappa shape index (κ1) is 35.5. The van der Waals surface area contributed by atoms with Crippen LogP contribution in [-0.2, 0) is 9.53 Å². The highest BCUT2D eigenvalue weighted by Crippen LogP contribution is 2.16. The van der Waals surface area contributed by atoms with Gasteiger partial charge < -0.3 is 4.74 Å². The van der Waals surface area contributed by atoms with E-state index in [0.29, 0.717) is 13.0 Å². The van der Waals surface area contributed by atoms with Crippen molar-refractivity contribution >= 4 is 5.97 Å². The van der Waals surface area contributed by atoms with E-state index in [1.807, 2.05) is 6.92 Å². The molecule has 0 aromatic carbocycles. The van der Waals surface area contributed by atoms with Crippen LogP contribution in [0, 0.1) is 0 Å². The lowest BCUT2D eigenvalue weighted by Crippen LogP contribution is -2.04. The summed E-state index contributed by atoms with van der Waals surface area (Å²) in [7, 11) is 0. The molecule has 2 nitrogen and oxygen atoms in total. The quantitative estimate of drug-likeness (QED) is 0.0687. The van der Waals surface area contributed by atoms with Crippen molar-refractivity contribution in [3.05, 3.63) is 0 Å². The fourth-order valence-electron chi connectivity index (χ4n) is 5.23. The average molecular weight is 509 g/mol. The summed E-state index contributed by atoms with van der Waals surface area (Å²) in [6.45, 7) is 4.92. The Kier molecular flexibility index (Phi) is 32.0. The highest BCUT2D eigenvalue weighted by molar-refractivity contribution is 5.69. The first-order chi connectivity index (χ1) is 17.8. The summed E-state index contributed by atoms with van der Waals surface area (Å²) in [5, 5.41) is 0. The number of esters is 1. The van der Waals surface area contributed by atoms with Crippen LogP contribution in [0.5, 0.6) is 0 Å². The number of rotatable bonds is 31. The summed E-state index contributed by atoms with van der Waals surface area (Å²) in [6.07, 6.45) is 41.2. The zero-order chi connectivity index (χ0) is 26.2. The molecule has 0 bridgehead atoms. The smallest absolute Gasteiger partial charge is 0.305 e. The van der Waals surface area contributed by atoms with Crippen LogP contribution in [0.15, 0.2) is 0 Å². The van der Waals surface area contributed by atoms with Gasteiger partial charge in [-0.2, -0.15) is 0 Å². The molecule has 0 aromatic heterocycles. The lowest BCUT2D eigenvalue weighted by molar-refractivity contribution is -0.143. The van der Waals surface area contributed by atoms with Crippen molar-refractivity contribution in [3.63, 3.8) is 0 Å². The molecule has 0 fully saturated rings. The van der Waals surface area contributed by atoms with Gasteiger partial charge in [-0.05, 0) is 12.8 Å². The van der Waals surface area contributed by atoms with E-state index < -0.39 is 0 Å². The van der Waals surface area contributed by atoms with Crippen molar-refractivity contribution in [2.75, 3.05) is 6.61 Å². The van der Waals surface area contributed by atoms with Crippen molar-refractivity contribution in [1.82, 2.24) is 0 Å². The van der Waals surface area contributed by atoms with Gasteiger partial charge in [0.05, 0.1) is 6.61 Å². The lowest BCUT2D eigenvalue weighted by Gasteiger charge is -2.05. The van der Waals surface area contributed by atoms with E-state index in [9.17, 15) is 4.79 Å². The Morgan fingerprint density at radius 3 is 0.861 bits per heavy atom. The van der Waals surface area contributed by atoms with E-state index in [2.05, 4.69) is 6.92 Å². The van der Waals surface area contributed by atoms with E-state index in [0.717, 1.165) is 12.8 Å². The molecule has 0 saturated carbocycles. The molecular weight excluding hydrogens is 440 g/mol. The van der Waals surface area contributed by atoms with Crippen molar-refractivity contribution in [2.24, 2.45) is 0 Å². The molecule has 0 unspecified atom stereocenters. The number of hydrogen-bond acceptors (Lipinski definition) is 2. The number of ether oxygens (including phenoxy) is 1. The highest BCUT2D eigenvalue weighted by atomic mass is 16.5. The van der Waals surface area contributed by atoms with Gasteiger partial charge in [-0.1, -0.05) is 187 Å². The zero-order valence-corrected chi connectivity index (χ0v) is 25.2. The number of unbranched alkanes of at least 4 members (excludes halogenated alkanes) is 27. The fourth-order valence-corrected chi connectivity index (χ4v) is 5.23. The van der Waals surface area contributed by atoms with Crippen molar-refractivity contribution in [3.8, 4) is 0 Å². The maximum absolute atomic E-state index is 11.4. The van der Waals surface area contributed by atoms with Gasteiger partial charge in [0.2, 0.25) is 0 Å². The third-order valence-electron chi connectivity index (χ3n) is 7.70. The van der Waals surface area contributed by atoms with Crippen LogP contribution in [0.3, 0.4) is 0 Å². The second kappa shape index (κ2) is 32.5. The van der Waals surface area contributed by atoms with Crippen LogP contribution in [0.4, 0.5) is 0 Å². The first-order valence-corrected chi connectivity index (χ1v) is 17.0. The van der Waals surface area contributed by atoms with E-state index in [-0.39, 0.29) is 5.97 Å². The first-order valence-electron chi connectivity index (χ1n) is 17.0. The largest absolute Gasteiger partial charge is 0.466 e.